The monoisotopic (exact) mass is 511 g/mol. The van der Waals surface area contributed by atoms with E-state index in [0.29, 0.717) is 30.6 Å². The average Bonchev–Trinajstić information content (AvgIpc) is 3.16. The van der Waals surface area contributed by atoms with Crippen molar-refractivity contribution in [2.45, 2.75) is 19.5 Å². The van der Waals surface area contributed by atoms with Crippen molar-refractivity contribution in [2.75, 3.05) is 82.0 Å². The van der Waals surface area contributed by atoms with Gasteiger partial charge >= 0.3 is 6.18 Å². The van der Waals surface area contributed by atoms with Crippen LogP contribution in [0.1, 0.15) is 17.7 Å². The molecule has 0 radical (unpaired) electrons. The minimum absolute atomic E-state index is 0.0213. The fourth-order valence-corrected chi connectivity index (χ4v) is 4.04. The Labute approximate surface area is 207 Å². The first-order valence-electron chi connectivity index (χ1n) is 11.9. The van der Waals surface area contributed by atoms with Gasteiger partial charge in [0.05, 0.1) is 5.92 Å². The highest BCUT2D eigenvalue weighted by molar-refractivity contribution is 5.79. The summed E-state index contributed by atoms with van der Waals surface area (Å²) < 4.78 is 46.3. The van der Waals surface area contributed by atoms with Crippen molar-refractivity contribution < 1.29 is 22.4 Å². The number of aryl methyl sites for hydroxylation is 1. The van der Waals surface area contributed by atoms with Crippen LogP contribution in [-0.2, 0) is 11.0 Å². The maximum Gasteiger partial charge on any atom is 0.421 e. The van der Waals surface area contributed by atoms with Gasteiger partial charge in [0.25, 0.3) is 6.01 Å². The number of oxazole rings is 1. The Morgan fingerprint density at radius 2 is 1.81 bits per heavy atom. The summed E-state index contributed by atoms with van der Waals surface area (Å²) in [4.78, 5) is 30.6. The molecule has 0 atom stereocenters. The molecule has 2 saturated heterocycles. The first-order chi connectivity index (χ1) is 17.1. The first-order valence-corrected chi connectivity index (χ1v) is 11.9. The molecule has 2 aromatic heterocycles. The molecule has 0 spiro atoms. The summed E-state index contributed by atoms with van der Waals surface area (Å²) in [5.41, 5.74) is -0.968. The Morgan fingerprint density at radius 3 is 2.47 bits per heavy atom. The Morgan fingerprint density at radius 1 is 1.08 bits per heavy atom. The van der Waals surface area contributed by atoms with Crippen LogP contribution in [0.15, 0.2) is 10.6 Å². The van der Waals surface area contributed by atoms with Gasteiger partial charge in [0.2, 0.25) is 11.9 Å². The summed E-state index contributed by atoms with van der Waals surface area (Å²) in [6, 6.07) is 0.448. The standard InChI is InChI=1S/C22H32F3N9O2/c1-14-17(31-21(36-14)34-9-7-32(2)8-10-34)29-20-28-11-16(22(23,24)25)18(30-20)26-5-4-6-27-19(35)15-12-33(3)13-15/h11,15H,4-10,12-13H2,1-3H3,(H,27,35)(H2,26,28,29,30). The van der Waals surface area contributed by atoms with Crippen molar-refractivity contribution >= 4 is 29.5 Å². The highest BCUT2D eigenvalue weighted by Crippen LogP contribution is 2.34. The van der Waals surface area contributed by atoms with Crippen LogP contribution >= 0.6 is 0 Å². The molecule has 2 aliphatic rings. The Balaban J connectivity index is 1.36. The second-order valence-electron chi connectivity index (χ2n) is 9.26. The molecule has 0 unspecified atom stereocenters. The topological polar surface area (TPSA) is 115 Å². The van der Waals surface area contributed by atoms with Crippen molar-refractivity contribution in [1.82, 2.24) is 30.1 Å². The third-order valence-electron chi connectivity index (χ3n) is 6.26. The van der Waals surface area contributed by atoms with Crippen LogP contribution in [-0.4, -0.2) is 97.1 Å². The zero-order chi connectivity index (χ0) is 25.9. The molecule has 2 fully saturated rings. The lowest BCUT2D eigenvalue weighted by Crippen LogP contribution is -2.51. The molecule has 11 nitrogen and oxygen atoms in total. The molecule has 4 heterocycles. The van der Waals surface area contributed by atoms with Crippen LogP contribution in [0.2, 0.25) is 0 Å². The number of rotatable bonds is 9. The normalized spacial score (nSPS) is 17.7. The molecule has 2 aromatic rings. The first kappa shape index (κ1) is 25.9. The van der Waals surface area contributed by atoms with Gasteiger partial charge in [-0.15, -0.1) is 0 Å². The molecule has 36 heavy (non-hydrogen) atoms. The number of carbonyl (C=O) groups is 1. The third kappa shape index (κ3) is 6.35. The van der Waals surface area contributed by atoms with Crippen molar-refractivity contribution in [2.24, 2.45) is 5.92 Å². The number of hydrogen-bond acceptors (Lipinski definition) is 10. The fraction of sp³-hybridized carbons (Fsp3) is 0.636. The molecule has 4 rings (SSSR count). The van der Waals surface area contributed by atoms with E-state index >= 15 is 0 Å². The molecule has 1 amide bonds. The molecule has 0 bridgehead atoms. The van der Waals surface area contributed by atoms with Crippen LogP contribution < -0.4 is 20.9 Å². The van der Waals surface area contributed by atoms with E-state index in [1.54, 1.807) is 6.92 Å². The number of alkyl halides is 3. The molecule has 14 heteroatoms. The van der Waals surface area contributed by atoms with Crippen molar-refractivity contribution in [3.8, 4) is 0 Å². The van der Waals surface area contributed by atoms with Gasteiger partial charge in [0.1, 0.15) is 17.1 Å². The molecule has 0 saturated carbocycles. The van der Waals surface area contributed by atoms with Crippen LogP contribution in [0.4, 0.5) is 36.8 Å². The lowest BCUT2D eigenvalue weighted by Gasteiger charge is -2.34. The van der Waals surface area contributed by atoms with Crippen LogP contribution in [0.3, 0.4) is 0 Å². The second-order valence-corrected chi connectivity index (χ2v) is 9.26. The van der Waals surface area contributed by atoms with E-state index in [1.807, 2.05) is 23.9 Å². The molecule has 2 aliphatic heterocycles. The zero-order valence-electron chi connectivity index (χ0n) is 20.7. The maximum atomic E-state index is 13.5. The minimum Gasteiger partial charge on any atom is -0.427 e. The SMILES string of the molecule is Cc1oc(N2CCN(C)CC2)nc1Nc1ncc(C(F)(F)F)c(NCCCNC(=O)C2CN(C)C2)n1. The Bertz CT molecular complexity index is 1050. The van der Waals surface area contributed by atoms with E-state index in [-0.39, 0.29) is 30.1 Å². The van der Waals surface area contributed by atoms with Gasteiger partial charge in [-0.1, -0.05) is 0 Å². The van der Waals surface area contributed by atoms with Crippen LogP contribution in [0.5, 0.6) is 0 Å². The number of aromatic nitrogens is 3. The summed E-state index contributed by atoms with van der Waals surface area (Å²) in [5.74, 6) is 0.402. The Kier molecular flexibility index (Phi) is 7.83. The molecule has 3 N–H and O–H groups in total. The van der Waals surface area contributed by atoms with E-state index in [9.17, 15) is 18.0 Å². The van der Waals surface area contributed by atoms with Crippen LogP contribution in [0, 0.1) is 12.8 Å². The quantitative estimate of drug-likeness (QED) is 0.431. The molecular weight excluding hydrogens is 479 g/mol. The molecule has 0 aromatic carbocycles. The van der Waals surface area contributed by atoms with Crippen molar-refractivity contribution in [1.29, 1.82) is 0 Å². The lowest BCUT2D eigenvalue weighted by molar-refractivity contribution is -0.137. The third-order valence-corrected chi connectivity index (χ3v) is 6.26. The maximum absolute atomic E-state index is 13.5. The smallest absolute Gasteiger partial charge is 0.421 e. The van der Waals surface area contributed by atoms with Gasteiger partial charge in [-0.05, 0) is 27.4 Å². The van der Waals surface area contributed by atoms with Gasteiger partial charge in [-0.2, -0.15) is 23.1 Å². The number of nitrogens with one attached hydrogen (secondary N) is 3. The predicted molar refractivity (Wildman–Crippen MR) is 128 cm³/mol. The van der Waals surface area contributed by atoms with Gasteiger partial charge < -0.3 is 35.1 Å². The molecular formula is C22H32F3N9O2. The number of hydrogen-bond donors (Lipinski definition) is 3. The number of piperazine rings is 1. The van der Waals surface area contributed by atoms with E-state index in [1.165, 1.54) is 0 Å². The number of likely N-dealkylation sites (tertiary alicyclic amines) is 1. The number of halogens is 3. The second kappa shape index (κ2) is 10.9. The largest absolute Gasteiger partial charge is 0.427 e. The number of carbonyl (C=O) groups excluding carboxylic acids is 1. The number of anilines is 4. The minimum atomic E-state index is -4.62. The number of amides is 1. The molecule has 0 aliphatic carbocycles. The van der Waals surface area contributed by atoms with Crippen molar-refractivity contribution in [3.05, 3.63) is 17.5 Å². The highest BCUT2D eigenvalue weighted by Gasteiger charge is 2.35. The van der Waals surface area contributed by atoms with Gasteiger partial charge in [0, 0.05) is 58.6 Å². The summed E-state index contributed by atoms with van der Waals surface area (Å²) in [5, 5.41) is 8.42. The summed E-state index contributed by atoms with van der Waals surface area (Å²) >= 11 is 0. The summed E-state index contributed by atoms with van der Waals surface area (Å²) in [6.07, 6.45) is -3.44. The molecule has 198 valence electrons. The van der Waals surface area contributed by atoms with E-state index in [2.05, 4.69) is 35.8 Å². The fourth-order valence-electron chi connectivity index (χ4n) is 4.04. The lowest BCUT2D eigenvalue weighted by atomic mass is 10.0. The van der Waals surface area contributed by atoms with Crippen molar-refractivity contribution in [3.63, 3.8) is 0 Å². The van der Waals surface area contributed by atoms with E-state index in [4.69, 9.17) is 4.42 Å². The number of likely N-dealkylation sites (N-methyl/N-ethyl adjacent to an activating group) is 1. The van der Waals surface area contributed by atoms with Gasteiger partial charge in [-0.3, -0.25) is 4.79 Å². The van der Waals surface area contributed by atoms with E-state index < -0.39 is 11.7 Å². The van der Waals surface area contributed by atoms with Crippen LogP contribution in [0.25, 0.3) is 0 Å². The summed E-state index contributed by atoms with van der Waals surface area (Å²) in [7, 11) is 3.98. The Hall–Kier alpha value is -3.13. The van der Waals surface area contributed by atoms with Gasteiger partial charge in [0.15, 0.2) is 5.82 Å². The van der Waals surface area contributed by atoms with Gasteiger partial charge in [-0.25, -0.2) is 4.98 Å². The zero-order valence-corrected chi connectivity index (χ0v) is 20.7. The summed E-state index contributed by atoms with van der Waals surface area (Å²) in [6.45, 7) is 6.99. The van der Waals surface area contributed by atoms with E-state index in [0.717, 1.165) is 45.5 Å². The highest BCUT2D eigenvalue weighted by atomic mass is 19.4. The number of nitrogens with zero attached hydrogens (tertiary/aromatic N) is 6. The predicted octanol–water partition coefficient (Wildman–Crippen LogP) is 1.77. The average molecular weight is 512 g/mol.